The molecule has 0 aliphatic heterocycles. The fraction of sp³-hybridized carbons (Fsp3) is 0.273. The van der Waals surface area contributed by atoms with Crippen molar-refractivity contribution in [3.8, 4) is 0 Å². The Kier molecular flexibility index (Phi) is 2.46. The number of hydrogen-bond donors (Lipinski definition) is 0. The minimum absolute atomic E-state index is 0.0916. The van der Waals surface area contributed by atoms with Crippen LogP contribution in [0.5, 0.6) is 0 Å². The minimum Gasteiger partial charge on any atom is -0.295 e. The van der Waals surface area contributed by atoms with Gasteiger partial charge in [-0.3, -0.25) is 4.79 Å². The molecule has 0 atom stereocenters. The van der Waals surface area contributed by atoms with E-state index < -0.39 is 6.55 Å². The van der Waals surface area contributed by atoms with Gasteiger partial charge in [0.1, 0.15) is 0 Å². The predicted octanol–water partition coefficient (Wildman–Crippen LogP) is 2.94. The third kappa shape index (κ3) is 1.58. The van der Waals surface area contributed by atoms with Gasteiger partial charge in [0.2, 0.25) is 0 Å². The van der Waals surface area contributed by atoms with Crippen LogP contribution < -0.4 is 0 Å². The fourth-order valence-corrected chi connectivity index (χ4v) is 1.64. The van der Waals surface area contributed by atoms with Crippen LogP contribution >= 0.6 is 0 Å². The van der Waals surface area contributed by atoms with Crippen molar-refractivity contribution in [3.05, 3.63) is 29.5 Å². The number of hydrogen-bond acceptors (Lipinski definition) is 2. The second kappa shape index (κ2) is 3.66. The van der Waals surface area contributed by atoms with Crippen LogP contribution in [0.25, 0.3) is 10.9 Å². The molecule has 2 rings (SSSR count). The number of aromatic nitrogens is 2. The molecule has 0 amide bonds. The average molecular weight is 224 g/mol. The topological polar surface area (TPSA) is 34.9 Å². The Morgan fingerprint density at radius 3 is 2.69 bits per heavy atom. The molecule has 0 N–H and O–H groups in total. The van der Waals surface area contributed by atoms with E-state index in [0.29, 0.717) is 26.8 Å². The van der Waals surface area contributed by atoms with Gasteiger partial charge >= 0.3 is 6.55 Å². The maximum atomic E-state index is 12.6. The largest absolute Gasteiger partial charge is 0.333 e. The zero-order valence-electron chi connectivity index (χ0n) is 8.87. The average Bonchev–Trinajstić information content (AvgIpc) is 2.56. The monoisotopic (exact) mass is 224 g/mol. The van der Waals surface area contributed by atoms with Crippen molar-refractivity contribution in [2.45, 2.75) is 20.4 Å². The van der Waals surface area contributed by atoms with Crippen LogP contribution in [0.3, 0.4) is 0 Å². The Labute approximate surface area is 90.7 Å². The number of Topliss-reactive ketones (excluding diaryl/α,β-unsaturated/α-hetero) is 1. The molecule has 0 fully saturated rings. The van der Waals surface area contributed by atoms with Crippen molar-refractivity contribution in [3.63, 3.8) is 0 Å². The lowest BCUT2D eigenvalue weighted by atomic mass is 10.1. The number of ketones is 1. The molecule has 0 unspecified atom stereocenters. The molecule has 0 bridgehead atoms. The Morgan fingerprint density at radius 2 is 2.12 bits per heavy atom. The first-order valence-electron chi connectivity index (χ1n) is 4.78. The quantitative estimate of drug-likeness (QED) is 0.735. The van der Waals surface area contributed by atoms with Gasteiger partial charge in [0.05, 0.1) is 5.52 Å². The van der Waals surface area contributed by atoms with E-state index in [-0.39, 0.29) is 5.78 Å². The van der Waals surface area contributed by atoms with E-state index in [4.69, 9.17) is 0 Å². The lowest BCUT2D eigenvalue weighted by Gasteiger charge is -2.00. The summed E-state index contributed by atoms with van der Waals surface area (Å²) in [6, 6.07) is 4.77. The van der Waals surface area contributed by atoms with Crippen molar-refractivity contribution in [2.24, 2.45) is 0 Å². The Bertz CT molecular complexity index is 560. The highest BCUT2D eigenvalue weighted by Gasteiger charge is 2.14. The van der Waals surface area contributed by atoms with Crippen LogP contribution in [0.1, 0.15) is 29.5 Å². The van der Waals surface area contributed by atoms with Gasteiger partial charge in [0.25, 0.3) is 0 Å². The van der Waals surface area contributed by atoms with E-state index in [1.54, 1.807) is 25.1 Å². The number of fused-ring (bicyclic) bond motifs is 1. The molecule has 0 aliphatic rings. The Morgan fingerprint density at radius 1 is 1.44 bits per heavy atom. The Balaban J connectivity index is 2.69. The van der Waals surface area contributed by atoms with Crippen LogP contribution in [0.2, 0.25) is 0 Å². The number of nitrogens with zero attached hydrogens (tertiary/aromatic N) is 2. The first-order valence-corrected chi connectivity index (χ1v) is 4.78. The molecule has 0 spiro atoms. The van der Waals surface area contributed by atoms with Crippen LogP contribution in [-0.4, -0.2) is 15.6 Å². The summed E-state index contributed by atoms with van der Waals surface area (Å²) in [5, 5.41) is 4.36. The molecular weight excluding hydrogens is 214 g/mol. The molecule has 0 saturated heterocycles. The highest BCUT2D eigenvalue weighted by atomic mass is 19.3. The predicted molar refractivity (Wildman–Crippen MR) is 55.7 cm³/mol. The van der Waals surface area contributed by atoms with E-state index in [2.05, 4.69) is 5.10 Å². The standard InChI is InChI=1S/C11H10F2N2O/c1-6-9-5-8(7(2)16)3-4-10(9)14-15(6)11(12)13/h3-5,11H,1-2H3. The summed E-state index contributed by atoms with van der Waals surface area (Å²) < 4.78 is 25.8. The van der Waals surface area contributed by atoms with E-state index >= 15 is 0 Å². The van der Waals surface area contributed by atoms with Crippen LogP contribution in [0, 0.1) is 6.92 Å². The first kappa shape index (κ1) is 10.7. The van der Waals surface area contributed by atoms with Crippen molar-refractivity contribution in [1.29, 1.82) is 0 Å². The number of benzene rings is 1. The molecule has 0 saturated carbocycles. The smallest absolute Gasteiger partial charge is 0.295 e. The molecule has 0 aliphatic carbocycles. The molecule has 5 heteroatoms. The van der Waals surface area contributed by atoms with Crippen LogP contribution in [0.4, 0.5) is 8.78 Å². The number of carbonyl (C=O) groups is 1. The van der Waals surface area contributed by atoms with Gasteiger partial charge in [-0.05, 0) is 32.0 Å². The number of alkyl halides is 2. The SMILES string of the molecule is CC(=O)c1ccc2nn(C(F)F)c(C)c2c1. The maximum Gasteiger partial charge on any atom is 0.333 e. The number of carbonyl (C=O) groups excluding carboxylic acids is 1. The highest BCUT2D eigenvalue weighted by Crippen LogP contribution is 2.23. The molecule has 0 radical (unpaired) electrons. The zero-order chi connectivity index (χ0) is 11.9. The van der Waals surface area contributed by atoms with Crippen molar-refractivity contribution in [2.75, 3.05) is 0 Å². The number of aryl methyl sites for hydroxylation is 1. The molecule has 2 aromatic rings. The van der Waals surface area contributed by atoms with Gasteiger partial charge in [-0.15, -0.1) is 0 Å². The third-order valence-corrected chi connectivity index (χ3v) is 2.54. The summed E-state index contributed by atoms with van der Waals surface area (Å²) in [4.78, 5) is 11.2. The van der Waals surface area contributed by atoms with E-state index in [9.17, 15) is 13.6 Å². The molecule has 1 aromatic carbocycles. The lowest BCUT2D eigenvalue weighted by Crippen LogP contribution is -2.01. The first-order chi connectivity index (χ1) is 7.50. The summed E-state index contributed by atoms with van der Waals surface area (Å²) in [5.74, 6) is -0.0916. The minimum atomic E-state index is -2.66. The second-order valence-electron chi connectivity index (χ2n) is 3.60. The maximum absolute atomic E-state index is 12.6. The summed E-state index contributed by atoms with van der Waals surface area (Å²) in [5.41, 5.74) is 1.35. The lowest BCUT2D eigenvalue weighted by molar-refractivity contribution is 0.0552. The van der Waals surface area contributed by atoms with E-state index in [0.717, 1.165) is 0 Å². The van der Waals surface area contributed by atoms with Crippen molar-refractivity contribution >= 4 is 16.7 Å². The number of halogens is 2. The Hall–Kier alpha value is -1.78. The van der Waals surface area contributed by atoms with Gasteiger partial charge in [0, 0.05) is 16.6 Å². The fourth-order valence-electron chi connectivity index (χ4n) is 1.64. The second-order valence-corrected chi connectivity index (χ2v) is 3.60. The van der Waals surface area contributed by atoms with Gasteiger partial charge in [-0.25, -0.2) is 4.68 Å². The van der Waals surface area contributed by atoms with Crippen LogP contribution in [-0.2, 0) is 0 Å². The summed E-state index contributed by atoms with van der Waals surface area (Å²) in [7, 11) is 0. The van der Waals surface area contributed by atoms with Gasteiger partial charge < -0.3 is 0 Å². The van der Waals surface area contributed by atoms with Gasteiger partial charge in [-0.1, -0.05) is 0 Å². The summed E-state index contributed by atoms with van der Waals surface area (Å²) in [6.07, 6.45) is 0. The number of rotatable bonds is 2. The molecular formula is C11H10F2N2O. The molecule has 1 aromatic heterocycles. The summed E-state index contributed by atoms with van der Waals surface area (Å²) in [6.45, 7) is 0.340. The van der Waals surface area contributed by atoms with Gasteiger partial charge in [-0.2, -0.15) is 13.9 Å². The van der Waals surface area contributed by atoms with Crippen molar-refractivity contribution < 1.29 is 13.6 Å². The molecule has 1 heterocycles. The highest BCUT2D eigenvalue weighted by molar-refractivity contribution is 5.98. The van der Waals surface area contributed by atoms with E-state index in [1.165, 1.54) is 6.92 Å². The van der Waals surface area contributed by atoms with E-state index in [1.807, 2.05) is 0 Å². The molecule has 3 nitrogen and oxygen atoms in total. The zero-order valence-corrected chi connectivity index (χ0v) is 8.87. The molecule has 84 valence electrons. The third-order valence-electron chi connectivity index (χ3n) is 2.54. The normalized spacial score (nSPS) is 11.3. The van der Waals surface area contributed by atoms with Crippen molar-refractivity contribution in [1.82, 2.24) is 9.78 Å². The summed E-state index contributed by atoms with van der Waals surface area (Å²) >= 11 is 0. The van der Waals surface area contributed by atoms with Gasteiger partial charge in [0.15, 0.2) is 5.78 Å². The molecule has 16 heavy (non-hydrogen) atoms. The van der Waals surface area contributed by atoms with Crippen LogP contribution in [0.15, 0.2) is 18.2 Å².